The maximum atomic E-state index is 12.3. The molecule has 0 aliphatic heterocycles. The van der Waals surface area contributed by atoms with Gasteiger partial charge in [-0.25, -0.2) is 4.79 Å². The fraction of sp³-hybridized carbons (Fsp3) is 0.188. The van der Waals surface area contributed by atoms with Gasteiger partial charge in [0.1, 0.15) is 0 Å². The molecule has 0 unspecified atom stereocenters. The van der Waals surface area contributed by atoms with Crippen LogP contribution in [0.2, 0.25) is 0 Å². The number of nitrogens with zero attached hydrogens (tertiary/aromatic N) is 2. The summed E-state index contributed by atoms with van der Waals surface area (Å²) in [5.41, 5.74) is 1.16. The maximum Gasteiger partial charge on any atom is 0.341 e. The second-order valence-electron chi connectivity index (χ2n) is 4.77. The number of esters is 1. The van der Waals surface area contributed by atoms with Gasteiger partial charge in [-0.1, -0.05) is 18.2 Å². The minimum Gasteiger partial charge on any atom is -0.449 e. The zero-order valence-corrected chi connectivity index (χ0v) is 13.5. The number of hydrogen-bond acceptors (Lipinski definition) is 7. The summed E-state index contributed by atoms with van der Waals surface area (Å²) in [4.78, 5) is 13.2. The van der Waals surface area contributed by atoms with Crippen LogP contribution < -0.4 is 5.32 Å². The molecule has 0 amide bonds. The quantitative estimate of drug-likeness (QED) is 0.718. The molecule has 0 bridgehead atoms. The average Bonchev–Trinajstić information content (AvgIpc) is 3.25. The fourth-order valence-electron chi connectivity index (χ4n) is 2.05. The third-order valence-corrected chi connectivity index (χ3v) is 4.08. The summed E-state index contributed by atoms with van der Waals surface area (Å²) in [6.07, 6.45) is -0.631. The van der Waals surface area contributed by atoms with Gasteiger partial charge in [0.15, 0.2) is 6.10 Å². The number of hydrogen-bond donors (Lipinski definition) is 1. The highest BCUT2D eigenvalue weighted by molar-refractivity contribution is 7.13. The molecule has 23 heavy (non-hydrogen) atoms. The number of anilines is 1. The first kappa shape index (κ1) is 15.2. The fourth-order valence-corrected chi connectivity index (χ4v) is 2.70. The van der Waals surface area contributed by atoms with Gasteiger partial charge in [-0.15, -0.1) is 21.5 Å². The van der Waals surface area contributed by atoms with Gasteiger partial charge in [-0.2, -0.15) is 0 Å². The van der Waals surface area contributed by atoms with Crippen LogP contribution >= 0.6 is 11.3 Å². The number of aromatic nitrogens is 2. The highest BCUT2D eigenvalue weighted by atomic mass is 32.1. The Kier molecular flexibility index (Phi) is 4.38. The third-order valence-electron chi connectivity index (χ3n) is 3.22. The van der Waals surface area contributed by atoms with E-state index in [9.17, 15) is 4.79 Å². The van der Waals surface area contributed by atoms with Crippen molar-refractivity contribution in [3.8, 4) is 10.8 Å². The van der Waals surface area contributed by atoms with E-state index in [1.165, 1.54) is 11.3 Å². The van der Waals surface area contributed by atoms with Crippen molar-refractivity contribution in [3.63, 3.8) is 0 Å². The van der Waals surface area contributed by atoms with Crippen molar-refractivity contribution in [1.29, 1.82) is 0 Å². The van der Waals surface area contributed by atoms with Crippen LogP contribution in [0.4, 0.5) is 5.69 Å². The molecule has 2 aromatic heterocycles. The number of ether oxygens (including phenoxy) is 1. The molecule has 0 saturated carbocycles. The lowest BCUT2D eigenvalue weighted by Gasteiger charge is -2.12. The standard InChI is InChI=1S/C16H15N3O3S/c1-10(14-18-19-15(22-14)13-8-5-9-23-13)21-16(20)11-6-3-4-7-12(11)17-2/h3-10,17H,1-2H3/t10-/m1/s1. The predicted octanol–water partition coefficient (Wildman–Crippen LogP) is 3.76. The van der Waals surface area contributed by atoms with Crippen LogP contribution in [0.25, 0.3) is 10.8 Å². The van der Waals surface area contributed by atoms with E-state index in [1.807, 2.05) is 29.6 Å². The van der Waals surface area contributed by atoms with Crippen LogP contribution in [0, 0.1) is 0 Å². The molecule has 3 aromatic rings. The number of benzene rings is 1. The van der Waals surface area contributed by atoms with E-state index < -0.39 is 12.1 Å². The molecule has 1 atom stereocenters. The second kappa shape index (κ2) is 6.62. The molecule has 6 nitrogen and oxygen atoms in total. The van der Waals surface area contributed by atoms with E-state index in [-0.39, 0.29) is 5.89 Å². The van der Waals surface area contributed by atoms with Crippen molar-refractivity contribution in [3.05, 3.63) is 53.2 Å². The van der Waals surface area contributed by atoms with E-state index in [4.69, 9.17) is 9.15 Å². The van der Waals surface area contributed by atoms with Gasteiger partial charge in [-0.3, -0.25) is 0 Å². The molecule has 0 radical (unpaired) electrons. The smallest absolute Gasteiger partial charge is 0.341 e. The summed E-state index contributed by atoms with van der Waals surface area (Å²) >= 11 is 1.50. The van der Waals surface area contributed by atoms with Crippen LogP contribution in [0.5, 0.6) is 0 Å². The number of thiophene rings is 1. The normalized spacial score (nSPS) is 11.9. The molecular weight excluding hydrogens is 314 g/mol. The molecule has 0 aliphatic rings. The Morgan fingerprint density at radius 2 is 2.09 bits per heavy atom. The van der Waals surface area contributed by atoms with Crippen molar-refractivity contribution in [2.75, 3.05) is 12.4 Å². The van der Waals surface area contributed by atoms with Crippen molar-refractivity contribution in [1.82, 2.24) is 10.2 Å². The van der Waals surface area contributed by atoms with Gasteiger partial charge in [0.2, 0.25) is 0 Å². The molecule has 0 aliphatic carbocycles. The van der Waals surface area contributed by atoms with Gasteiger partial charge < -0.3 is 14.5 Å². The molecular formula is C16H15N3O3S. The molecule has 0 spiro atoms. The lowest BCUT2D eigenvalue weighted by molar-refractivity contribution is 0.0281. The monoisotopic (exact) mass is 329 g/mol. The number of nitrogens with one attached hydrogen (secondary N) is 1. The zero-order valence-electron chi connectivity index (χ0n) is 12.6. The van der Waals surface area contributed by atoms with Gasteiger partial charge in [0.05, 0.1) is 10.4 Å². The Balaban J connectivity index is 1.74. The molecule has 1 aromatic carbocycles. The van der Waals surface area contributed by atoms with Crippen molar-refractivity contribution >= 4 is 23.0 Å². The van der Waals surface area contributed by atoms with E-state index >= 15 is 0 Å². The highest BCUT2D eigenvalue weighted by Gasteiger charge is 2.21. The molecule has 2 heterocycles. The Morgan fingerprint density at radius 3 is 2.83 bits per heavy atom. The Hall–Kier alpha value is -2.67. The molecule has 7 heteroatoms. The first-order valence-corrected chi connectivity index (χ1v) is 7.92. The summed E-state index contributed by atoms with van der Waals surface area (Å²) in [6.45, 7) is 1.70. The van der Waals surface area contributed by atoms with Crippen molar-refractivity contribution < 1.29 is 13.9 Å². The van der Waals surface area contributed by atoms with Crippen molar-refractivity contribution in [2.45, 2.75) is 13.0 Å². The van der Waals surface area contributed by atoms with Crippen LogP contribution in [0.15, 0.2) is 46.2 Å². The van der Waals surface area contributed by atoms with Gasteiger partial charge in [-0.05, 0) is 30.5 Å². The summed E-state index contributed by atoms with van der Waals surface area (Å²) < 4.78 is 11.0. The molecule has 0 fully saturated rings. The topological polar surface area (TPSA) is 77.2 Å². The Labute approximate surface area is 137 Å². The molecule has 118 valence electrons. The van der Waals surface area contributed by atoms with E-state index in [2.05, 4.69) is 15.5 Å². The van der Waals surface area contributed by atoms with Crippen LogP contribution in [-0.4, -0.2) is 23.2 Å². The minimum atomic E-state index is -0.631. The van der Waals surface area contributed by atoms with E-state index in [0.717, 1.165) is 4.88 Å². The van der Waals surface area contributed by atoms with Crippen LogP contribution in [0.3, 0.4) is 0 Å². The third kappa shape index (κ3) is 3.24. The van der Waals surface area contributed by atoms with E-state index in [1.54, 1.807) is 26.1 Å². The van der Waals surface area contributed by atoms with Crippen molar-refractivity contribution in [2.24, 2.45) is 0 Å². The minimum absolute atomic E-state index is 0.267. The first-order valence-electron chi connectivity index (χ1n) is 7.04. The molecule has 3 rings (SSSR count). The first-order chi connectivity index (χ1) is 11.2. The number of carbonyl (C=O) groups excluding carboxylic acids is 1. The second-order valence-corrected chi connectivity index (χ2v) is 5.71. The number of carbonyl (C=O) groups is 1. The summed E-state index contributed by atoms with van der Waals surface area (Å²) in [6, 6.07) is 10.9. The van der Waals surface area contributed by atoms with Gasteiger partial charge >= 0.3 is 5.97 Å². The maximum absolute atomic E-state index is 12.3. The van der Waals surface area contributed by atoms with Crippen LogP contribution in [-0.2, 0) is 4.74 Å². The zero-order chi connectivity index (χ0) is 16.2. The van der Waals surface area contributed by atoms with Gasteiger partial charge in [0, 0.05) is 12.7 Å². The summed E-state index contributed by atoms with van der Waals surface area (Å²) in [5.74, 6) is 0.246. The van der Waals surface area contributed by atoms with E-state index in [0.29, 0.717) is 17.1 Å². The largest absolute Gasteiger partial charge is 0.449 e. The SMILES string of the molecule is CNc1ccccc1C(=O)O[C@H](C)c1nnc(-c2cccs2)o1. The lowest BCUT2D eigenvalue weighted by Crippen LogP contribution is -2.11. The van der Waals surface area contributed by atoms with Gasteiger partial charge in [0.25, 0.3) is 11.8 Å². The lowest BCUT2D eigenvalue weighted by atomic mass is 10.2. The predicted molar refractivity (Wildman–Crippen MR) is 87.4 cm³/mol. The Bertz CT molecular complexity index is 799. The summed E-state index contributed by atoms with van der Waals surface area (Å²) in [5, 5.41) is 12.8. The molecule has 0 saturated heterocycles. The molecule has 1 N–H and O–H groups in total. The Morgan fingerprint density at radius 1 is 1.26 bits per heavy atom. The average molecular weight is 329 g/mol. The van der Waals surface area contributed by atoms with Crippen LogP contribution in [0.1, 0.15) is 29.3 Å². The number of rotatable bonds is 5. The summed E-state index contributed by atoms with van der Waals surface area (Å²) in [7, 11) is 1.75. The highest BCUT2D eigenvalue weighted by Crippen LogP contribution is 2.26. The number of para-hydroxylation sites is 1.